The lowest BCUT2D eigenvalue weighted by atomic mass is 10.4. The van der Waals surface area contributed by atoms with Crippen LogP contribution in [0, 0.1) is 0 Å². The predicted octanol–water partition coefficient (Wildman–Crippen LogP) is 3.07. The number of alkyl halides is 2. The van der Waals surface area contributed by atoms with Crippen LogP contribution in [0.1, 0.15) is 6.92 Å². The zero-order chi connectivity index (χ0) is 16.4. The summed E-state index contributed by atoms with van der Waals surface area (Å²) in [7, 11) is 0. The van der Waals surface area contributed by atoms with E-state index in [4.69, 9.17) is 32.7 Å². The third kappa shape index (κ3) is 5.95. The van der Waals surface area contributed by atoms with Gasteiger partial charge in [-0.05, 0) is 19.1 Å². The standard InChI is InChI=1S/C13H17Cl2N3O4/c1-2-18(13(20)22-8-6-15)11-4-3-10(9-16-11)17-12(19)21-7-5-14/h3-4,9H,2,5-8H2,1H3,(H,17,19). The Bertz CT molecular complexity index is 485. The highest BCUT2D eigenvalue weighted by molar-refractivity contribution is 6.18. The van der Waals surface area contributed by atoms with Crippen molar-refractivity contribution in [2.45, 2.75) is 6.92 Å². The van der Waals surface area contributed by atoms with Gasteiger partial charge in [-0.25, -0.2) is 14.6 Å². The van der Waals surface area contributed by atoms with Crippen molar-refractivity contribution >= 4 is 46.9 Å². The van der Waals surface area contributed by atoms with Crippen molar-refractivity contribution in [3.05, 3.63) is 18.3 Å². The first-order valence-electron chi connectivity index (χ1n) is 6.58. The van der Waals surface area contributed by atoms with E-state index in [0.717, 1.165) is 0 Å². The summed E-state index contributed by atoms with van der Waals surface area (Å²) in [5, 5.41) is 2.49. The highest BCUT2D eigenvalue weighted by atomic mass is 35.5. The SMILES string of the molecule is CCN(C(=O)OCCCl)c1ccc(NC(=O)OCCCl)cn1. The Hall–Kier alpha value is -1.73. The molecule has 0 radical (unpaired) electrons. The van der Waals surface area contributed by atoms with E-state index >= 15 is 0 Å². The maximum atomic E-state index is 11.8. The minimum absolute atomic E-state index is 0.120. The Labute approximate surface area is 138 Å². The number of nitrogens with one attached hydrogen (secondary N) is 1. The van der Waals surface area contributed by atoms with Crippen LogP contribution < -0.4 is 10.2 Å². The number of carbonyl (C=O) groups is 2. The minimum Gasteiger partial charge on any atom is -0.448 e. The van der Waals surface area contributed by atoms with Gasteiger partial charge in [0.05, 0.1) is 23.6 Å². The Kier molecular flexibility index (Phi) is 8.39. The van der Waals surface area contributed by atoms with E-state index in [-0.39, 0.29) is 25.0 Å². The topological polar surface area (TPSA) is 80.8 Å². The summed E-state index contributed by atoms with van der Waals surface area (Å²) in [5.74, 6) is 0.853. The second-order valence-electron chi connectivity index (χ2n) is 3.90. The van der Waals surface area contributed by atoms with Crippen molar-refractivity contribution in [1.82, 2.24) is 4.98 Å². The first-order valence-corrected chi connectivity index (χ1v) is 7.65. The fourth-order valence-corrected chi connectivity index (χ4v) is 1.65. The molecule has 0 spiro atoms. The molecule has 2 amide bonds. The smallest absolute Gasteiger partial charge is 0.415 e. The fraction of sp³-hybridized carbons (Fsp3) is 0.462. The number of carbonyl (C=O) groups excluding carboxylic acids is 2. The van der Waals surface area contributed by atoms with Gasteiger partial charge < -0.3 is 9.47 Å². The lowest BCUT2D eigenvalue weighted by molar-refractivity contribution is 0.160. The molecule has 0 fully saturated rings. The maximum Gasteiger partial charge on any atom is 0.415 e. The number of rotatable bonds is 7. The van der Waals surface area contributed by atoms with Crippen LogP contribution in [-0.4, -0.2) is 48.7 Å². The first-order chi connectivity index (χ1) is 10.6. The normalized spacial score (nSPS) is 9.95. The van der Waals surface area contributed by atoms with Crippen molar-refractivity contribution in [3.63, 3.8) is 0 Å². The fourth-order valence-electron chi connectivity index (χ4n) is 1.49. The zero-order valence-electron chi connectivity index (χ0n) is 12.1. The minimum atomic E-state index is -0.621. The Morgan fingerprint density at radius 2 is 1.91 bits per heavy atom. The molecule has 0 aliphatic heterocycles. The molecular weight excluding hydrogens is 333 g/mol. The number of aromatic nitrogens is 1. The quantitative estimate of drug-likeness (QED) is 0.765. The number of anilines is 2. The van der Waals surface area contributed by atoms with Gasteiger partial charge in [0.1, 0.15) is 19.0 Å². The number of halogens is 2. The summed E-state index contributed by atoms with van der Waals surface area (Å²) in [5.41, 5.74) is 0.438. The summed E-state index contributed by atoms with van der Waals surface area (Å²) >= 11 is 10.9. The number of ether oxygens (including phenoxy) is 2. The molecule has 0 bridgehead atoms. The van der Waals surface area contributed by atoms with Crippen molar-refractivity contribution < 1.29 is 19.1 Å². The summed E-state index contributed by atoms with van der Waals surface area (Å²) in [6.45, 7) is 2.43. The second-order valence-corrected chi connectivity index (χ2v) is 4.66. The molecule has 0 unspecified atom stereocenters. The second kappa shape index (κ2) is 10.1. The lowest BCUT2D eigenvalue weighted by Crippen LogP contribution is -2.32. The number of hydrogen-bond donors (Lipinski definition) is 1. The molecule has 0 saturated heterocycles. The summed E-state index contributed by atoms with van der Waals surface area (Å²) in [6.07, 6.45) is 0.261. The maximum absolute atomic E-state index is 11.8. The third-order valence-corrected chi connectivity index (χ3v) is 2.73. The highest BCUT2D eigenvalue weighted by Gasteiger charge is 2.16. The van der Waals surface area contributed by atoms with Crippen LogP contribution in [0.4, 0.5) is 21.1 Å². The molecule has 1 aromatic rings. The van der Waals surface area contributed by atoms with E-state index in [9.17, 15) is 9.59 Å². The van der Waals surface area contributed by atoms with E-state index in [1.165, 1.54) is 11.1 Å². The van der Waals surface area contributed by atoms with Crippen molar-refractivity contribution in [2.75, 3.05) is 41.7 Å². The van der Waals surface area contributed by atoms with Crippen LogP contribution in [0.25, 0.3) is 0 Å². The van der Waals surface area contributed by atoms with Crippen LogP contribution >= 0.6 is 23.2 Å². The van der Waals surface area contributed by atoms with Gasteiger partial charge in [-0.2, -0.15) is 0 Å². The van der Waals surface area contributed by atoms with Crippen molar-refractivity contribution in [2.24, 2.45) is 0 Å². The third-order valence-electron chi connectivity index (χ3n) is 2.42. The highest BCUT2D eigenvalue weighted by Crippen LogP contribution is 2.15. The average molecular weight is 350 g/mol. The van der Waals surface area contributed by atoms with Gasteiger partial charge >= 0.3 is 12.2 Å². The molecule has 0 atom stereocenters. The Morgan fingerprint density at radius 1 is 1.23 bits per heavy atom. The number of pyridine rings is 1. The zero-order valence-corrected chi connectivity index (χ0v) is 13.6. The summed E-state index contributed by atoms with van der Waals surface area (Å²) in [6, 6.07) is 3.18. The molecule has 0 aliphatic rings. The van der Waals surface area contributed by atoms with Gasteiger partial charge in [0.25, 0.3) is 0 Å². The van der Waals surface area contributed by atoms with E-state index in [1.54, 1.807) is 19.1 Å². The van der Waals surface area contributed by atoms with E-state index in [2.05, 4.69) is 10.3 Å². The molecule has 0 aromatic carbocycles. The molecule has 22 heavy (non-hydrogen) atoms. The molecule has 1 aromatic heterocycles. The van der Waals surface area contributed by atoms with Gasteiger partial charge in [0.15, 0.2) is 0 Å². The van der Waals surface area contributed by atoms with E-state index < -0.39 is 12.2 Å². The van der Waals surface area contributed by atoms with Gasteiger partial charge in [0, 0.05) is 6.54 Å². The van der Waals surface area contributed by atoms with Gasteiger partial charge in [0.2, 0.25) is 0 Å². The molecule has 1 heterocycles. The van der Waals surface area contributed by atoms with Crippen LogP contribution in [-0.2, 0) is 9.47 Å². The largest absolute Gasteiger partial charge is 0.448 e. The van der Waals surface area contributed by atoms with Crippen LogP contribution in [0.15, 0.2) is 18.3 Å². The van der Waals surface area contributed by atoms with Gasteiger partial charge in [-0.1, -0.05) is 0 Å². The monoisotopic (exact) mass is 349 g/mol. The van der Waals surface area contributed by atoms with Crippen LogP contribution in [0.3, 0.4) is 0 Å². The summed E-state index contributed by atoms with van der Waals surface area (Å²) in [4.78, 5) is 28.6. The molecule has 0 saturated carbocycles. The van der Waals surface area contributed by atoms with Crippen LogP contribution in [0.2, 0.25) is 0 Å². The molecule has 0 aliphatic carbocycles. The number of amides is 2. The van der Waals surface area contributed by atoms with E-state index in [1.807, 2.05) is 0 Å². The Balaban J connectivity index is 2.65. The number of nitrogens with zero attached hydrogens (tertiary/aromatic N) is 2. The molecule has 122 valence electrons. The van der Waals surface area contributed by atoms with Crippen LogP contribution in [0.5, 0.6) is 0 Å². The molecule has 9 heteroatoms. The number of hydrogen-bond acceptors (Lipinski definition) is 5. The average Bonchev–Trinajstić information content (AvgIpc) is 2.53. The molecular formula is C13H17Cl2N3O4. The van der Waals surface area contributed by atoms with Gasteiger partial charge in [-0.3, -0.25) is 10.2 Å². The molecule has 1 rings (SSSR count). The van der Waals surface area contributed by atoms with Crippen molar-refractivity contribution in [3.8, 4) is 0 Å². The summed E-state index contributed by atoms with van der Waals surface area (Å²) < 4.78 is 9.72. The molecule has 7 nitrogen and oxygen atoms in total. The van der Waals surface area contributed by atoms with Crippen molar-refractivity contribution in [1.29, 1.82) is 0 Å². The van der Waals surface area contributed by atoms with E-state index in [0.29, 0.717) is 18.1 Å². The molecule has 1 N–H and O–H groups in total. The predicted molar refractivity (Wildman–Crippen MR) is 85.0 cm³/mol. The van der Waals surface area contributed by atoms with Gasteiger partial charge in [-0.15, -0.1) is 23.2 Å². The Morgan fingerprint density at radius 3 is 2.45 bits per heavy atom. The first kappa shape index (κ1) is 18.3. The lowest BCUT2D eigenvalue weighted by Gasteiger charge is -2.19.